The van der Waals surface area contributed by atoms with Gasteiger partial charge in [0.25, 0.3) is 0 Å². The third-order valence-electron chi connectivity index (χ3n) is 4.06. The zero-order valence-corrected chi connectivity index (χ0v) is 14.0. The largest absolute Gasteiger partial charge is 0.466 e. The topological polar surface area (TPSA) is 76.4 Å². The minimum Gasteiger partial charge on any atom is -0.466 e. The summed E-state index contributed by atoms with van der Waals surface area (Å²) in [7, 11) is -3.39. The van der Waals surface area contributed by atoms with Crippen LogP contribution in [-0.4, -0.2) is 25.8 Å². The fourth-order valence-corrected chi connectivity index (χ4v) is 3.25. The molecule has 0 aliphatic heterocycles. The van der Waals surface area contributed by atoms with Gasteiger partial charge in [-0.15, -0.1) is 0 Å². The number of carbonyl (C=O) groups is 1. The van der Waals surface area contributed by atoms with Crippen LogP contribution in [0.2, 0.25) is 0 Å². The van der Waals surface area contributed by atoms with E-state index in [1.165, 1.54) is 6.92 Å². The van der Waals surface area contributed by atoms with Crippen LogP contribution in [0.3, 0.4) is 0 Å². The third kappa shape index (κ3) is 3.48. The Kier molecular flexibility index (Phi) is 3.95. The van der Waals surface area contributed by atoms with Gasteiger partial charge in [-0.05, 0) is 31.7 Å². The summed E-state index contributed by atoms with van der Waals surface area (Å²) in [6.45, 7) is 7.53. The molecule has 0 aromatic carbocycles. The van der Waals surface area contributed by atoms with Crippen LogP contribution >= 0.6 is 0 Å². The number of hydrogen-bond donors (Lipinski definition) is 1. The van der Waals surface area contributed by atoms with Crippen LogP contribution in [0.25, 0.3) is 0 Å². The maximum absolute atomic E-state index is 12.2. The molecule has 1 aliphatic rings. The summed E-state index contributed by atoms with van der Waals surface area (Å²) in [4.78, 5) is 12.2. The van der Waals surface area contributed by atoms with Crippen LogP contribution in [0.1, 0.15) is 50.3 Å². The Bertz CT molecular complexity index is 657. The van der Waals surface area contributed by atoms with E-state index in [0.29, 0.717) is 0 Å². The molecule has 2 atom stereocenters. The summed E-state index contributed by atoms with van der Waals surface area (Å²) in [5, 5.41) is 1.83. The number of sulfone groups is 1. The van der Waals surface area contributed by atoms with Crippen molar-refractivity contribution in [2.75, 3.05) is 6.26 Å². The molecular weight excluding hydrogens is 290 g/mol. The number of fused-ring (bicyclic) bond motifs is 1. The molecule has 0 fully saturated rings. The molecule has 6 heteroatoms. The van der Waals surface area contributed by atoms with E-state index in [1.807, 2.05) is 13.0 Å². The summed E-state index contributed by atoms with van der Waals surface area (Å²) in [6.07, 6.45) is 2.67. The van der Waals surface area contributed by atoms with Crippen LogP contribution in [-0.2, 0) is 21.1 Å². The first-order valence-corrected chi connectivity index (χ1v) is 9.03. The molecule has 1 aromatic rings. The molecule has 1 amide bonds. The van der Waals surface area contributed by atoms with E-state index in [-0.39, 0.29) is 11.5 Å². The van der Waals surface area contributed by atoms with E-state index in [9.17, 15) is 13.2 Å². The fraction of sp³-hybridized carbons (Fsp3) is 0.667. The Morgan fingerprint density at radius 2 is 2.10 bits per heavy atom. The molecule has 0 spiro atoms. The van der Waals surface area contributed by atoms with Crippen molar-refractivity contribution in [1.82, 2.24) is 5.32 Å². The van der Waals surface area contributed by atoms with Gasteiger partial charge in [0.05, 0.1) is 6.04 Å². The Balaban J connectivity index is 2.26. The van der Waals surface area contributed by atoms with Crippen LogP contribution in [0, 0.1) is 12.3 Å². The lowest BCUT2D eigenvalue weighted by Crippen LogP contribution is -2.42. The first-order valence-electron chi connectivity index (χ1n) is 7.08. The second kappa shape index (κ2) is 5.16. The molecule has 0 bridgehead atoms. The number of nitrogens with one attached hydrogen (secondary N) is 1. The molecule has 0 saturated carbocycles. The second-order valence-corrected chi connectivity index (χ2v) is 9.18. The SMILES string of the molecule is Cc1cc2c(o1)CC(C)(C)C[C@@H]2NC(=O)[C@@H](C)S(C)(=O)=O. The van der Waals surface area contributed by atoms with Gasteiger partial charge in [0.1, 0.15) is 16.8 Å². The average molecular weight is 313 g/mol. The molecule has 1 N–H and O–H groups in total. The highest BCUT2D eigenvalue weighted by atomic mass is 32.2. The molecule has 118 valence electrons. The first-order chi connectivity index (χ1) is 9.49. The van der Waals surface area contributed by atoms with Crippen molar-refractivity contribution in [1.29, 1.82) is 0 Å². The third-order valence-corrected chi connectivity index (χ3v) is 5.56. The maximum atomic E-state index is 12.2. The molecular formula is C15H23NO4S. The van der Waals surface area contributed by atoms with Crippen LogP contribution < -0.4 is 5.32 Å². The zero-order valence-electron chi connectivity index (χ0n) is 13.2. The number of hydrogen-bond acceptors (Lipinski definition) is 4. The van der Waals surface area contributed by atoms with Crippen LogP contribution in [0.15, 0.2) is 10.5 Å². The van der Waals surface area contributed by atoms with Crippen molar-refractivity contribution in [3.05, 3.63) is 23.2 Å². The van der Waals surface area contributed by atoms with Gasteiger partial charge in [-0.1, -0.05) is 13.8 Å². The van der Waals surface area contributed by atoms with Gasteiger partial charge in [0, 0.05) is 18.2 Å². The lowest BCUT2D eigenvalue weighted by molar-refractivity contribution is -0.121. The van der Waals surface area contributed by atoms with Crippen LogP contribution in [0.5, 0.6) is 0 Å². The Hall–Kier alpha value is -1.30. The fourth-order valence-electron chi connectivity index (χ4n) is 2.80. The monoisotopic (exact) mass is 313 g/mol. The number of aryl methyl sites for hydroxylation is 1. The van der Waals surface area contributed by atoms with E-state index in [0.717, 1.165) is 36.2 Å². The smallest absolute Gasteiger partial charge is 0.238 e. The van der Waals surface area contributed by atoms with Crippen molar-refractivity contribution in [2.24, 2.45) is 5.41 Å². The highest BCUT2D eigenvalue weighted by Gasteiger charge is 2.37. The zero-order chi connectivity index (χ0) is 16.0. The van der Waals surface area contributed by atoms with Gasteiger partial charge in [0.2, 0.25) is 5.91 Å². The summed E-state index contributed by atoms with van der Waals surface area (Å²) in [6, 6.07) is 1.73. The van der Waals surface area contributed by atoms with Gasteiger partial charge >= 0.3 is 0 Å². The van der Waals surface area contributed by atoms with Gasteiger partial charge in [-0.3, -0.25) is 4.79 Å². The molecule has 5 nitrogen and oxygen atoms in total. The van der Waals surface area contributed by atoms with Crippen molar-refractivity contribution >= 4 is 15.7 Å². The summed E-state index contributed by atoms with van der Waals surface area (Å²) in [5.74, 6) is 1.25. The quantitative estimate of drug-likeness (QED) is 0.927. The molecule has 1 aromatic heterocycles. The van der Waals surface area contributed by atoms with E-state index in [1.54, 1.807) is 0 Å². The standard InChI is InChI=1S/C15H23NO4S/c1-9-6-11-12(7-15(3,4)8-13(11)20-9)16-14(17)10(2)21(5,18)19/h6,10,12H,7-8H2,1-5H3,(H,16,17)/t10-,12+/m1/s1. The van der Waals surface area contributed by atoms with Crippen molar-refractivity contribution < 1.29 is 17.6 Å². The second-order valence-electron chi connectivity index (χ2n) is 6.81. The molecule has 1 heterocycles. The minimum absolute atomic E-state index is 0.00354. The maximum Gasteiger partial charge on any atom is 0.238 e. The Labute approximate surface area is 126 Å². The van der Waals surface area contributed by atoms with Gasteiger partial charge in [-0.2, -0.15) is 0 Å². The molecule has 2 rings (SSSR count). The Morgan fingerprint density at radius 3 is 2.67 bits per heavy atom. The van der Waals surface area contributed by atoms with Crippen molar-refractivity contribution in [3.63, 3.8) is 0 Å². The molecule has 0 unspecified atom stereocenters. The number of rotatable bonds is 3. The van der Waals surface area contributed by atoms with E-state index >= 15 is 0 Å². The molecule has 1 aliphatic carbocycles. The molecule has 0 saturated heterocycles. The summed E-state index contributed by atoms with van der Waals surface area (Å²) < 4.78 is 28.7. The minimum atomic E-state index is -3.39. The van der Waals surface area contributed by atoms with Gasteiger partial charge < -0.3 is 9.73 Å². The van der Waals surface area contributed by atoms with Gasteiger partial charge in [0.15, 0.2) is 9.84 Å². The number of carbonyl (C=O) groups excluding carboxylic acids is 1. The highest BCUT2D eigenvalue weighted by Crippen LogP contribution is 2.42. The molecule has 21 heavy (non-hydrogen) atoms. The predicted octanol–water partition coefficient (Wildman–Crippen LogP) is 2.15. The predicted molar refractivity (Wildman–Crippen MR) is 80.7 cm³/mol. The van der Waals surface area contributed by atoms with E-state index in [2.05, 4.69) is 19.2 Å². The number of furan rings is 1. The van der Waals surface area contributed by atoms with E-state index < -0.39 is 21.0 Å². The summed E-state index contributed by atoms with van der Waals surface area (Å²) >= 11 is 0. The lowest BCUT2D eigenvalue weighted by Gasteiger charge is -2.35. The van der Waals surface area contributed by atoms with Crippen molar-refractivity contribution in [3.8, 4) is 0 Å². The van der Waals surface area contributed by atoms with Crippen LogP contribution in [0.4, 0.5) is 0 Å². The highest BCUT2D eigenvalue weighted by molar-refractivity contribution is 7.92. The molecule has 0 radical (unpaired) electrons. The van der Waals surface area contributed by atoms with E-state index in [4.69, 9.17) is 4.42 Å². The number of amides is 1. The van der Waals surface area contributed by atoms with Gasteiger partial charge in [-0.25, -0.2) is 8.42 Å². The van der Waals surface area contributed by atoms with Crippen molar-refractivity contribution in [2.45, 2.75) is 51.8 Å². The average Bonchev–Trinajstić information content (AvgIpc) is 2.65. The first kappa shape index (κ1) is 16.1. The Morgan fingerprint density at radius 1 is 1.48 bits per heavy atom. The normalized spacial score (nSPS) is 22.4. The lowest BCUT2D eigenvalue weighted by atomic mass is 9.74. The summed E-state index contributed by atoms with van der Waals surface area (Å²) in [5.41, 5.74) is 0.977.